The van der Waals surface area contributed by atoms with Crippen molar-refractivity contribution in [1.82, 2.24) is 9.88 Å². The fraction of sp³-hybridized carbons (Fsp3) is 0.368. The fourth-order valence-electron chi connectivity index (χ4n) is 3.04. The zero-order chi connectivity index (χ0) is 23.7. The number of aromatic nitrogens is 1. The van der Waals surface area contributed by atoms with Crippen LogP contribution in [0, 0.1) is 0 Å². The Morgan fingerprint density at radius 2 is 1.56 bits per heavy atom. The molecule has 0 atom stereocenters. The van der Waals surface area contributed by atoms with Gasteiger partial charge in [-0.25, -0.2) is 4.98 Å². The number of amides is 3. The molecule has 3 amide bonds. The number of likely N-dealkylation sites (tertiary alicyclic amines) is 1. The van der Waals surface area contributed by atoms with Crippen molar-refractivity contribution >= 4 is 34.2 Å². The number of anilines is 1. The largest absolute Gasteiger partial charge is 0.416 e. The third-order valence-corrected chi connectivity index (χ3v) is 5.46. The second-order valence-electron chi connectivity index (χ2n) is 6.96. The molecule has 2 aromatic rings. The molecule has 1 aliphatic rings. The second kappa shape index (κ2) is 8.88. The number of hydrogen-bond acceptors (Lipinski definition) is 5. The smallest absolute Gasteiger partial charge is 0.302 e. The predicted molar refractivity (Wildman–Crippen MR) is 101 cm³/mol. The predicted octanol–water partition coefficient (Wildman–Crippen LogP) is 4.25. The van der Waals surface area contributed by atoms with Gasteiger partial charge in [-0.2, -0.15) is 26.3 Å². The first-order chi connectivity index (χ1) is 14.8. The number of nitrogens with one attached hydrogen (secondary N) is 1. The van der Waals surface area contributed by atoms with E-state index in [1.807, 2.05) is 0 Å². The summed E-state index contributed by atoms with van der Waals surface area (Å²) < 4.78 is 77.9. The molecule has 0 unspecified atom stereocenters. The van der Waals surface area contributed by atoms with Gasteiger partial charge >= 0.3 is 12.4 Å². The quantitative estimate of drug-likeness (QED) is 0.497. The Labute approximate surface area is 181 Å². The standard InChI is InChI=1S/C19H15F6N3O3S/c20-18(21,22)11-5-10(6-12(8-11)19(23,24)25)7-13-9-26-17(32-13)27-14(29)3-4-28-15(30)1-2-16(28)31/h5-6,8-9H,1-4,7H2,(H,26,27,29). The molecule has 1 aromatic carbocycles. The molecule has 2 heterocycles. The van der Waals surface area contributed by atoms with Crippen molar-refractivity contribution in [3.63, 3.8) is 0 Å². The molecule has 172 valence electrons. The van der Waals surface area contributed by atoms with E-state index in [4.69, 9.17) is 0 Å². The Morgan fingerprint density at radius 3 is 2.09 bits per heavy atom. The highest BCUT2D eigenvalue weighted by atomic mass is 32.1. The molecule has 3 rings (SSSR count). The third-order valence-electron chi connectivity index (χ3n) is 4.54. The van der Waals surface area contributed by atoms with Gasteiger partial charge in [0.25, 0.3) is 0 Å². The molecule has 0 saturated carbocycles. The average Bonchev–Trinajstić information content (AvgIpc) is 3.24. The Kier molecular flexibility index (Phi) is 6.58. The highest BCUT2D eigenvalue weighted by Crippen LogP contribution is 2.37. The molecule has 1 aliphatic heterocycles. The van der Waals surface area contributed by atoms with Crippen LogP contribution in [-0.4, -0.2) is 34.2 Å². The van der Waals surface area contributed by atoms with Crippen molar-refractivity contribution in [1.29, 1.82) is 0 Å². The van der Waals surface area contributed by atoms with Crippen molar-refractivity contribution < 1.29 is 40.7 Å². The maximum atomic E-state index is 13.0. The molecule has 32 heavy (non-hydrogen) atoms. The van der Waals surface area contributed by atoms with Crippen LogP contribution in [0.5, 0.6) is 0 Å². The van der Waals surface area contributed by atoms with Crippen molar-refractivity contribution in [3.05, 3.63) is 46.0 Å². The van der Waals surface area contributed by atoms with Crippen LogP contribution in [0.15, 0.2) is 24.4 Å². The lowest BCUT2D eigenvalue weighted by molar-refractivity contribution is -0.143. The first-order valence-corrected chi connectivity index (χ1v) is 10.0. The molecule has 0 aliphatic carbocycles. The van der Waals surface area contributed by atoms with E-state index in [9.17, 15) is 40.7 Å². The summed E-state index contributed by atoms with van der Waals surface area (Å²) in [6.07, 6.45) is -8.88. The molecule has 13 heteroatoms. The minimum atomic E-state index is -4.94. The van der Waals surface area contributed by atoms with Gasteiger partial charge in [-0.15, -0.1) is 11.3 Å². The number of rotatable bonds is 6. The molecular formula is C19H15F6N3O3S. The first kappa shape index (κ1) is 23.7. The maximum absolute atomic E-state index is 13.0. The number of nitrogens with zero attached hydrogens (tertiary/aromatic N) is 2. The summed E-state index contributed by atoms with van der Waals surface area (Å²) >= 11 is 0.889. The highest BCUT2D eigenvalue weighted by molar-refractivity contribution is 7.15. The molecule has 0 spiro atoms. The summed E-state index contributed by atoms with van der Waals surface area (Å²) in [5, 5.41) is 2.52. The molecule has 1 saturated heterocycles. The summed E-state index contributed by atoms with van der Waals surface area (Å²) in [6.45, 7) is -0.0911. The van der Waals surface area contributed by atoms with Crippen molar-refractivity contribution in [2.75, 3.05) is 11.9 Å². The highest BCUT2D eigenvalue weighted by Gasteiger charge is 2.37. The van der Waals surface area contributed by atoms with E-state index in [1.54, 1.807) is 0 Å². The first-order valence-electron chi connectivity index (χ1n) is 9.19. The molecule has 0 radical (unpaired) electrons. The Balaban J connectivity index is 1.66. The van der Waals surface area contributed by atoms with Gasteiger partial charge in [0.15, 0.2) is 5.13 Å². The minimum Gasteiger partial charge on any atom is -0.302 e. The topological polar surface area (TPSA) is 79.4 Å². The number of alkyl halides is 6. The zero-order valence-corrected chi connectivity index (χ0v) is 17.0. The molecule has 6 nitrogen and oxygen atoms in total. The van der Waals surface area contributed by atoms with Crippen LogP contribution >= 0.6 is 11.3 Å². The lowest BCUT2D eigenvalue weighted by Crippen LogP contribution is -2.32. The normalized spacial score (nSPS) is 14.9. The minimum absolute atomic E-state index is 0.0533. The molecular weight excluding hydrogens is 464 g/mol. The van der Waals surface area contributed by atoms with E-state index in [2.05, 4.69) is 10.3 Å². The summed E-state index contributed by atoms with van der Waals surface area (Å²) in [7, 11) is 0. The van der Waals surface area contributed by atoms with E-state index in [0.717, 1.165) is 16.2 Å². The van der Waals surface area contributed by atoms with Gasteiger partial charge in [-0.1, -0.05) is 0 Å². The molecule has 1 N–H and O–H groups in total. The Bertz CT molecular complexity index is 999. The number of halogens is 6. The number of imide groups is 1. The Hall–Kier alpha value is -2.96. The second-order valence-corrected chi connectivity index (χ2v) is 8.08. The molecule has 0 bridgehead atoms. The van der Waals surface area contributed by atoms with Gasteiger partial charge in [-0.3, -0.25) is 19.3 Å². The van der Waals surface area contributed by atoms with Crippen LogP contribution in [0.2, 0.25) is 0 Å². The molecule has 1 aromatic heterocycles. The van der Waals surface area contributed by atoms with Crippen molar-refractivity contribution in [2.24, 2.45) is 0 Å². The van der Waals surface area contributed by atoms with Gasteiger partial charge in [0, 0.05) is 43.3 Å². The van der Waals surface area contributed by atoms with E-state index in [0.29, 0.717) is 17.0 Å². The lowest BCUT2D eigenvalue weighted by Gasteiger charge is -2.14. The van der Waals surface area contributed by atoms with Gasteiger partial charge in [-0.05, 0) is 23.8 Å². The number of hydrogen-bond donors (Lipinski definition) is 1. The van der Waals surface area contributed by atoms with Crippen LogP contribution in [0.3, 0.4) is 0 Å². The van der Waals surface area contributed by atoms with Crippen molar-refractivity contribution in [3.8, 4) is 0 Å². The van der Waals surface area contributed by atoms with Gasteiger partial charge in [0.05, 0.1) is 11.1 Å². The number of thiazole rings is 1. The summed E-state index contributed by atoms with van der Waals surface area (Å²) in [4.78, 5) is 40.3. The van der Waals surface area contributed by atoms with E-state index >= 15 is 0 Å². The van der Waals surface area contributed by atoms with Crippen LogP contribution < -0.4 is 5.32 Å². The van der Waals surface area contributed by atoms with Gasteiger partial charge < -0.3 is 5.32 Å². The van der Waals surface area contributed by atoms with E-state index in [1.165, 1.54) is 6.20 Å². The lowest BCUT2D eigenvalue weighted by atomic mass is 10.0. The summed E-state index contributed by atoms with van der Waals surface area (Å²) in [6, 6.07) is 1.33. The SMILES string of the molecule is O=C(CCN1C(=O)CCC1=O)Nc1ncc(Cc2cc(C(F)(F)F)cc(C(F)(F)F)c2)s1. The van der Waals surface area contributed by atoms with E-state index in [-0.39, 0.29) is 60.8 Å². The third kappa shape index (κ3) is 5.84. The van der Waals surface area contributed by atoms with Crippen LogP contribution in [0.25, 0.3) is 0 Å². The van der Waals surface area contributed by atoms with Crippen LogP contribution in [0.1, 0.15) is 40.8 Å². The monoisotopic (exact) mass is 479 g/mol. The maximum Gasteiger partial charge on any atom is 0.416 e. The Morgan fingerprint density at radius 1 is 1.00 bits per heavy atom. The number of benzene rings is 1. The molecule has 1 fully saturated rings. The van der Waals surface area contributed by atoms with Crippen LogP contribution in [0.4, 0.5) is 31.5 Å². The van der Waals surface area contributed by atoms with E-state index < -0.39 is 29.4 Å². The van der Waals surface area contributed by atoms with Crippen LogP contribution in [-0.2, 0) is 33.2 Å². The van der Waals surface area contributed by atoms with Gasteiger partial charge in [0.1, 0.15) is 0 Å². The fourth-order valence-corrected chi connectivity index (χ4v) is 3.90. The van der Waals surface area contributed by atoms with Gasteiger partial charge in [0.2, 0.25) is 17.7 Å². The zero-order valence-electron chi connectivity index (χ0n) is 16.1. The summed E-state index contributed by atoms with van der Waals surface area (Å²) in [5.41, 5.74) is -3.03. The number of carbonyl (C=O) groups excluding carboxylic acids is 3. The number of carbonyl (C=O) groups is 3. The average molecular weight is 479 g/mol. The summed E-state index contributed by atoms with van der Waals surface area (Å²) in [5.74, 6) is -1.27. The van der Waals surface area contributed by atoms with Crippen molar-refractivity contribution in [2.45, 2.75) is 38.0 Å².